The normalized spacial score (nSPS) is 19.7. The van der Waals surface area contributed by atoms with E-state index in [4.69, 9.17) is 13.9 Å². The first-order valence-corrected chi connectivity index (χ1v) is 10.7. The molecule has 164 valence electrons. The summed E-state index contributed by atoms with van der Waals surface area (Å²) in [5.74, 6) is 2.47. The fourth-order valence-electron chi connectivity index (χ4n) is 3.89. The smallest absolute Gasteiger partial charge is 0.274 e. The number of hydrogen-bond donors (Lipinski definition) is 2. The third-order valence-electron chi connectivity index (χ3n) is 5.90. The minimum absolute atomic E-state index is 0.124. The van der Waals surface area contributed by atoms with E-state index in [2.05, 4.69) is 17.1 Å². The van der Waals surface area contributed by atoms with E-state index in [1.807, 2.05) is 24.3 Å². The second-order valence-electron chi connectivity index (χ2n) is 7.86. The van der Waals surface area contributed by atoms with Crippen LogP contribution in [0.15, 0.2) is 52.9 Å². The maximum atomic E-state index is 13.1. The lowest BCUT2D eigenvalue weighted by Gasteiger charge is -2.31. The Hall–Kier alpha value is -2.97. The van der Waals surface area contributed by atoms with Crippen LogP contribution in [0.2, 0.25) is 0 Å². The Labute approximate surface area is 181 Å². The molecule has 0 amide bonds. The molecule has 0 saturated carbocycles. The number of benzene rings is 2. The molecule has 1 fully saturated rings. The van der Waals surface area contributed by atoms with Crippen LogP contribution < -0.4 is 19.3 Å². The van der Waals surface area contributed by atoms with Crippen LogP contribution in [0.1, 0.15) is 18.9 Å². The lowest BCUT2D eigenvalue weighted by molar-refractivity contribution is -1.03. The third-order valence-corrected chi connectivity index (χ3v) is 5.90. The van der Waals surface area contributed by atoms with Gasteiger partial charge >= 0.3 is 0 Å². The first-order valence-electron chi connectivity index (χ1n) is 10.7. The lowest BCUT2D eigenvalue weighted by atomic mass is 10.2. The quantitative estimate of drug-likeness (QED) is 0.556. The van der Waals surface area contributed by atoms with Crippen LogP contribution >= 0.6 is 0 Å². The molecule has 8 heteroatoms. The molecule has 1 atom stereocenters. The molecule has 1 aliphatic heterocycles. The van der Waals surface area contributed by atoms with Crippen molar-refractivity contribution in [2.75, 3.05) is 46.4 Å². The number of rotatable bonds is 8. The molecule has 0 bridgehead atoms. The van der Waals surface area contributed by atoms with Gasteiger partial charge in [-0.3, -0.25) is 0 Å². The Morgan fingerprint density at radius 3 is 2.32 bits per heavy atom. The van der Waals surface area contributed by atoms with Crippen LogP contribution in [0.4, 0.5) is 4.39 Å². The Balaban J connectivity index is 1.23. The summed E-state index contributed by atoms with van der Waals surface area (Å²) in [5, 5.41) is 8.38. The molecule has 0 radical (unpaired) electrons. The zero-order chi connectivity index (χ0) is 21.6. The van der Waals surface area contributed by atoms with E-state index in [1.54, 1.807) is 24.1 Å². The van der Waals surface area contributed by atoms with Gasteiger partial charge in [0.1, 0.15) is 56.6 Å². The zero-order valence-electron chi connectivity index (χ0n) is 17.9. The predicted molar refractivity (Wildman–Crippen MR) is 113 cm³/mol. The number of quaternary nitrogens is 2. The van der Waals surface area contributed by atoms with Crippen LogP contribution in [0, 0.1) is 5.82 Å². The van der Waals surface area contributed by atoms with Gasteiger partial charge in [-0.2, -0.15) is 0 Å². The van der Waals surface area contributed by atoms with Crippen molar-refractivity contribution in [1.82, 2.24) is 10.2 Å². The van der Waals surface area contributed by atoms with Gasteiger partial charge in [0.2, 0.25) is 5.89 Å². The summed E-state index contributed by atoms with van der Waals surface area (Å²) in [7, 11) is 1.66. The number of piperazine rings is 1. The fraction of sp³-hybridized carbons (Fsp3) is 0.391. The molecular formula is C23H29FN4O3+2. The van der Waals surface area contributed by atoms with Crippen molar-refractivity contribution in [3.8, 4) is 23.0 Å². The van der Waals surface area contributed by atoms with Crippen molar-refractivity contribution >= 4 is 0 Å². The fourth-order valence-corrected chi connectivity index (χ4v) is 3.89. The molecule has 0 unspecified atom stereocenters. The van der Waals surface area contributed by atoms with E-state index in [1.165, 1.54) is 17.0 Å². The molecule has 2 heterocycles. The van der Waals surface area contributed by atoms with Gasteiger partial charge in [0, 0.05) is 5.56 Å². The number of ether oxygens (including phenoxy) is 2. The molecule has 2 N–H and O–H groups in total. The number of methoxy groups -OCH3 is 1. The summed E-state index contributed by atoms with van der Waals surface area (Å²) in [6.07, 6.45) is 0. The highest BCUT2D eigenvalue weighted by atomic mass is 19.1. The highest BCUT2D eigenvalue weighted by molar-refractivity contribution is 5.51. The van der Waals surface area contributed by atoms with Gasteiger partial charge in [-0.15, -0.1) is 10.2 Å². The van der Waals surface area contributed by atoms with Crippen molar-refractivity contribution in [1.29, 1.82) is 0 Å². The lowest BCUT2D eigenvalue weighted by Crippen LogP contribution is -3.28. The van der Waals surface area contributed by atoms with E-state index >= 15 is 0 Å². The largest absolute Gasteiger partial charge is 0.497 e. The monoisotopic (exact) mass is 428 g/mol. The van der Waals surface area contributed by atoms with Crippen LogP contribution in [0.5, 0.6) is 11.5 Å². The van der Waals surface area contributed by atoms with Crippen LogP contribution in [-0.2, 0) is 0 Å². The predicted octanol–water partition coefficient (Wildman–Crippen LogP) is 0.808. The first kappa shape index (κ1) is 21.3. The molecule has 7 nitrogen and oxygen atoms in total. The topological polar surface area (TPSA) is 66.3 Å². The number of nitrogens with one attached hydrogen (secondary N) is 2. The summed E-state index contributed by atoms with van der Waals surface area (Å²) in [6, 6.07) is 13.9. The second kappa shape index (κ2) is 9.89. The van der Waals surface area contributed by atoms with Crippen molar-refractivity contribution in [3.05, 3.63) is 60.2 Å². The molecule has 4 rings (SSSR count). The van der Waals surface area contributed by atoms with E-state index in [-0.39, 0.29) is 11.9 Å². The molecule has 0 aliphatic carbocycles. The molecule has 1 aliphatic rings. The Morgan fingerprint density at radius 2 is 1.65 bits per heavy atom. The molecular weight excluding hydrogens is 399 g/mol. The number of aromatic nitrogens is 2. The number of hydrogen-bond acceptors (Lipinski definition) is 5. The van der Waals surface area contributed by atoms with Gasteiger partial charge in [-0.1, -0.05) is 0 Å². The Kier molecular flexibility index (Phi) is 6.79. The van der Waals surface area contributed by atoms with Gasteiger partial charge in [-0.05, 0) is 55.5 Å². The van der Waals surface area contributed by atoms with Crippen molar-refractivity contribution in [3.63, 3.8) is 0 Å². The third kappa shape index (κ3) is 5.39. The van der Waals surface area contributed by atoms with Gasteiger partial charge in [0.05, 0.1) is 7.11 Å². The maximum absolute atomic E-state index is 13.1. The minimum atomic E-state index is -0.281. The highest BCUT2D eigenvalue weighted by Gasteiger charge is 2.31. The number of halogens is 1. The maximum Gasteiger partial charge on any atom is 0.274 e. The van der Waals surface area contributed by atoms with Crippen LogP contribution in [0.3, 0.4) is 0 Å². The molecule has 3 aromatic rings. The van der Waals surface area contributed by atoms with Gasteiger partial charge in [0.25, 0.3) is 5.89 Å². The van der Waals surface area contributed by atoms with Crippen LogP contribution in [0.25, 0.3) is 11.5 Å². The summed E-state index contributed by atoms with van der Waals surface area (Å²) in [6.45, 7) is 8.01. The van der Waals surface area contributed by atoms with Gasteiger partial charge in [-0.25, -0.2) is 4.39 Å². The van der Waals surface area contributed by atoms with E-state index in [0.29, 0.717) is 18.4 Å². The molecule has 2 aromatic carbocycles. The van der Waals surface area contributed by atoms with E-state index in [0.717, 1.165) is 49.8 Å². The standard InChI is InChI=1S/C23H27FN4O3/c1-17(22-25-26-23(31-22)18-3-5-19(24)6-4-18)28-13-11-27(12-14-28)15-16-30-21-9-7-20(29-2)8-10-21/h3-10,17H,11-16H2,1-2H3/p+2/t17-/m1/s1. The van der Waals surface area contributed by atoms with E-state index < -0.39 is 0 Å². The minimum Gasteiger partial charge on any atom is -0.497 e. The zero-order valence-corrected chi connectivity index (χ0v) is 17.9. The summed E-state index contributed by atoms with van der Waals surface area (Å²) in [5.41, 5.74) is 0.730. The average molecular weight is 429 g/mol. The molecule has 31 heavy (non-hydrogen) atoms. The van der Waals surface area contributed by atoms with Crippen molar-refractivity contribution in [2.45, 2.75) is 13.0 Å². The van der Waals surface area contributed by atoms with Crippen molar-refractivity contribution < 1.29 is 28.1 Å². The summed E-state index contributed by atoms with van der Waals surface area (Å²) in [4.78, 5) is 2.98. The molecule has 1 aromatic heterocycles. The Morgan fingerprint density at radius 1 is 0.968 bits per heavy atom. The Bertz CT molecular complexity index is 954. The van der Waals surface area contributed by atoms with E-state index in [9.17, 15) is 4.39 Å². The molecule has 0 spiro atoms. The molecule has 1 saturated heterocycles. The van der Waals surface area contributed by atoms with Crippen molar-refractivity contribution in [2.24, 2.45) is 0 Å². The summed E-state index contributed by atoms with van der Waals surface area (Å²) < 4.78 is 30.0. The summed E-state index contributed by atoms with van der Waals surface area (Å²) >= 11 is 0. The first-order chi connectivity index (χ1) is 15.1. The van der Waals surface area contributed by atoms with Crippen LogP contribution in [-0.4, -0.2) is 56.6 Å². The number of nitrogens with zero attached hydrogens (tertiary/aromatic N) is 2. The van der Waals surface area contributed by atoms with Gasteiger partial charge < -0.3 is 23.7 Å². The second-order valence-corrected chi connectivity index (χ2v) is 7.86. The SMILES string of the molecule is COc1ccc(OCC[NH+]2CC[NH+]([C@H](C)c3nnc(-c4ccc(F)cc4)o3)CC2)cc1. The highest BCUT2D eigenvalue weighted by Crippen LogP contribution is 2.20. The average Bonchev–Trinajstić information content (AvgIpc) is 3.30. The van der Waals surface area contributed by atoms with Gasteiger partial charge in [0.15, 0.2) is 6.04 Å².